The second-order valence-corrected chi connectivity index (χ2v) is 10.2. The number of Topliss-reactive ketones (excluding diaryl/α,β-unsaturated/α-hetero) is 1. The number of ether oxygens (including phenoxy) is 1. The minimum absolute atomic E-state index is 0.314. The lowest BCUT2D eigenvalue weighted by Gasteiger charge is -2.17. The Hall–Kier alpha value is -1.12. The van der Waals surface area contributed by atoms with Crippen molar-refractivity contribution in [1.29, 1.82) is 0 Å². The predicted molar refractivity (Wildman–Crippen MR) is 141 cm³/mol. The highest BCUT2D eigenvalue weighted by Gasteiger charge is 2.23. The number of aliphatic hydroxyl groups is 1. The zero-order valence-corrected chi connectivity index (χ0v) is 22.5. The number of carbonyl (C=O) groups is 3. The molecule has 0 aromatic carbocycles. The number of thioether (sulfide) groups is 1. The summed E-state index contributed by atoms with van der Waals surface area (Å²) < 4.78 is 4.51. The topological polar surface area (TPSA) is 119 Å². The normalized spacial score (nSPS) is 12.8. The molecule has 7 nitrogen and oxygen atoms in total. The van der Waals surface area contributed by atoms with E-state index in [-0.39, 0.29) is 0 Å². The van der Waals surface area contributed by atoms with Gasteiger partial charge in [-0.05, 0) is 18.6 Å². The van der Waals surface area contributed by atoms with Crippen molar-refractivity contribution in [2.45, 2.75) is 122 Å². The second-order valence-electron chi connectivity index (χ2n) is 9.08. The highest BCUT2D eigenvalue weighted by Crippen LogP contribution is 2.14. The number of rotatable bonds is 24. The summed E-state index contributed by atoms with van der Waals surface area (Å²) in [4.78, 5) is 35.4. The third kappa shape index (κ3) is 19.2. The Morgan fingerprint density at radius 3 is 1.85 bits per heavy atom. The second kappa shape index (κ2) is 23.6. The fraction of sp³-hybridized carbons (Fsp3) is 0.885. The van der Waals surface area contributed by atoms with Gasteiger partial charge < -0.3 is 20.9 Å². The maximum Gasteiger partial charge on any atom is 0.330 e. The molecule has 1 amide bonds. The van der Waals surface area contributed by atoms with Crippen LogP contribution in [0.2, 0.25) is 0 Å². The molecule has 0 saturated heterocycles. The molecule has 0 heterocycles. The van der Waals surface area contributed by atoms with Crippen LogP contribution in [-0.2, 0) is 19.1 Å². The Labute approximate surface area is 211 Å². The van der Waals surface area contributed by atoms with Gasteiger partial charge in [0.1, 0.15) is 5.78 Å². The third-order valence-corrected chi connectivity index (χ3v) is 7.09. The molecular weight excluding hydrogens is 452 g/mol. The van der Waals surface area contributed by atoms with Crippen LogP contribution in [0.4, 0.5) is 0 Å². The fourth-order valence-corrected chi connectivity index (χ4v) is 4.64. The van der Waals surface area contributed by atoms with Crippen molar-refractivity contribution in [3.8, 4) is 0 Å². The number of nitrogens with two attached hydrogens (primary N) is 1. The molecule has 0 unspecified atom stereocenters. The number of aliphatic hydroxyl groups excluding tert-OH is 1. The van der Waals surface area contributed by atoms with Gasteiger partial charge in [0.25, 0.3) is 0 Å². The first-order valence-electron chi connectivity index (χ1n) is 13.3. The van der Waals surface area contributed by atoms with Crippen molar-refractivity contribution in [2.75, 3.05) is 25.2 Å². The average molecular weight is 503 g/mol. The van der Waals surface area contributed by atoms with Gasteiger partial charge in [-0.15, -0.1) is 0 Å². The van der Waals surface area contributed by atoms with Crippen LogP contribution in [-0.4, -0.2) is 60.1 Å². The molecule has 0 fully saturated rings. The third-order valence-electron chi connectivity index (χ3n) is 5.92. The lowest BCUT2D eigenvalue weighted by molar-refractivity contribution is -0.146. The van der Waals surface area contributed by atoms with Crippen molar-refractivity contribution in [3.05, 3.63) is 0 Å². The van der Waals surface area contributed by atoms with E-state index in [2.05, 4.69) is 17.0 Å². The number of nitrogens with one attached hydrogen (secondary N) is 1. The molecule has 0 rings (SSSR count). The Kier molecular flexibility index (Phi) is 22.8. The highest BCUT2D eigenvalue weighted by molar-refractivity contribution is 7.99. The van der Waals surface area contributed by atoms with Crippen LogP contribution in [0.5, 0.6) is 0 Å². The molecule has 0 aliphatic heterocycles. The van der Waals surface area contributed by atoms with Gasteiger partial charge in [-0.1, -0.05) is 84.0 Å². The average Bonchev–Trinajstić information content (AvgIpc) is 2.84. The molecule has 0 radical (unpaired) electrons. The molecule has 200 valence electrons. The van der Waals surface area contributed by atoms with E-state index in [1.165, 1.54) is 89.5 Å². The molecular formula is C26H50N2O5S. The zero-order chi connectivity index (χ0) is 25.4. The fourth-order valence-electron chi connectivity index (χ4n) is 3.72. The van der Waals surface area contributed by atoms with Crippen molar-refractivity contribution < 1.29 is 24.2 Å². The minimum Gasteiger partial charge on any atom is -0.467 e. The van der Waals surface area contributed by atoms with Crippen LogP contribution in [0.1, 0.15) is 110 Å². The number of esters is 1. The first-order chi connectivity index (χ1) is 16.5. The molecule has 0 aromatic heterocycles. The van der Waals surface area contributed by atoms with Crippen molar-refractivity contribution in [3.63, 3.8) is 0 Å². The van der Waals surface area contributed by atoms with E-state index < -0.39 is 30.6 Å². The minimum atomic E-state index is -1.10. The molecule has 0 aromatic rings. The largest absolute Gasteiger partial charge is 0.467 e. The Morgan fingerprint density at radius 2 is 1.35 bits per heavy atom. The summed E-state index contributed by atoms with van der Waals surface area (Å²) in [7, 11) is 1.19. The number of unbranched alkanes of at least 4 members (excludes halogenated alkanes) is 12. The Morgan fingerprint density at radius 1 is 0.853 bits per heavy atom. The lowest BCUT2D eigenvalue weighted by Crippen LogP contribution is -2.51. The smallest absolute Gasteiger partial charge is 0.330 e. The number of amides is 1. The number of hydrogen-bond acceptors (Lipinski definition) is 7. The molecule has 0 bridgehead atoms. The number of ketones is 1. The number of methoxy groups -OCH3 is 1. The maximum atomic E-state index is 12.0. The van der Waals surface area contributed by atoms with Crippen molar-refractivity contribution in [2.24, 2.45) is 5.73 Å². The molecule has 4 N–H and O–H groups in total. The van der Waals surface area contributed by atoms with Crippen LogP contribution in [0, 0.1) is 0 Å². The van der Waals surface area contributed by atoms with E-state index in [0.29, 0.717) is 24.4 Å². The Balaban J connectivity index is 3.54. The van der Waals surface area contributed by atoms with Gasteiger partial charge >= 0.3 is 5.97 Å². The summed E-state index contributed by atoms with van der Waals surface area (Å²) in [5, 5.41) is 11.5. The highest BCUT2D eigenvalue weighted by atomic mass is 32.2. The summed E-state index contributed by atoms with van der Waals surface area (Å²) in [5.41, 5.74) is 5.83. The van der Waals surface area contributed by atoms with Gasteiger partial charge in [0.05, 0.1) is 19.8 Å². The van der Waals surface area contributed by atoms with E-state index in [1.807, 2.05) is 0 Å². The predicted octanol–water partition coefficient (Wildman–Crippen LogP) is 4.53. The standard InChI is InChI=1S/C26H50N2O5S/c1-3-4-5-6-7-8-9-10-11-12-13-14-15-17-22(30)18-16-19-34-21-23(27)25(31)28-24(20-29)26(32)33-2/h23-24,29H,3-21,27H2,1-2H3,(H,28,31)/t23-,24-/m0/s1. The van der Waals surface area contributed by atoms with E-state index in [1.54, 1.807) is 0 Å². The van der Waals surface area contributed by atoms with Gasteiger partial charge in [0, 0.05) is 18.6 Å². The summed E-state index contributed by atoms with van der Waals surface area (Å²) >= 11 is 1.51. The van der Waals surface area contributed by atoms with Crippen LogP contribution < -0.4 is 11.1 Å². The molecule has 0 spiro atoms. The van der Waals surface area contributed by atoms with Crippen LogP contribution in [0.25, 0.3) is 0 Å². The van der Waals surface area contributed by atoms with Crippen LogP contribution >= 0.6 is 11.8 Å². The molecule has 2 atom stereocenters. The van der Waals surface area contributed by atoms with Crippen molar-refractivity contribution in [1.82, 2.24) is 5.32 Å². The molecule has 34 heavy (non-hydrogen) atoms. The lowest BCUT2D eigenvalue weighted by atomic mass is 10.0. The van der Waals surface area contributed by atoms with E-state index in [9.17, 15) is 14.4 Å². The van der Waals surface area contributed by atoms with Gasteiger partial charge in [-0.25, -0.2) is 4.79 Å². The molecule has 0 saturated carbocycles. The maximum absolute atomic E-state index is 12.0. The number of carbonyl (C=O) groups excluding carboxylic acids is 3. The van der Waals surface area contributed by atoms with E-state index in [0.717, 1.165) is 25.0 Å². The molecule has 8 heteroatoms. The first kappa shape index (κ1) is 32.9. The first-order valence-corrected chi connectivity index (χ1v) is 14.5. The van der Waals surface area contributed by atoms with Gasteiger partial charge in [0.2, 0.25) is 5.91 Å². The van der Waals surface area contributed by atoms with E-state index in [4.69, 9.17) is 10.8 Å². The molecule has 0 aliphatic rings. The summed E-state index contributed by atoms with van der Waals surface area (Å²) in [6.45, 7) is 1.71. The Bertz CT molecular complexity index is 533. The number of hydrogen-bond donors (Lipinski definition) is 3. The van der Waals surface area contributed by atoms with Crippen molar-refractivity contribution >= 4 is 29.4 Å². The quantitative estimate of drug-likeness (QED) is 0.131. The van der Waals surface area contributed by atoms with Gasteiger partial charge in [-0.3, -0.25) is 9.59 Å². The van der Waals surface area contributed by atoms with Gasteiger partial charge in [-0.2, -0.15) is 11.8 Å². The SMILES string of the molecule is CCCCCCCCCCCCCCCC(=O)CCCSC[C@H](N)C(=O)N[C@@H](CO)C(=O)OC. The van der Waals surface area contributed by atoms with Crippen LogP contribution in [0.3, 0.4) is 0 Å². The summed E-state index contributed by atoms with van der Waals surface area (Å²) in [6, 6.07) is -1.89. The van der Waals surface area contributed by atoms with Crippen LogP contribution in [0.15, 0.2) is 0 Å². The monoisotopic (exact) mass is 502 g/mol. The van der Waals surface area contributed by atoms with E-state index >= 15 is 0 Å². The summed E-state index contributed by atoms with van der Waals surface area (Å²) in [6.07, 6.45) is 19.0. The summed E-state index contributed by atoms with van der Waals surface area (Å²) in [5.74, 6) is 0.243. The van der Waals surface area contributed by atoms with Gasteiger partial charge in [0.15, 0.2) is 6.04 Å². The molecule has 0 aliphatic carbocycles. The zero-order valence-electron chi connectivity index (χ0n) is 21.7.